The maximum atomic E-state index is 12.4. The van der Waals surface area contributed by atoms with Crippen molar-refractivity contribution >= 4 is 19.8 Å². The first-order valence-corrected chi connectivity index (χ1v) is 21.8. The molecule has 0 aromatic carbocycles. The van der Waals surface area contributed by atoms with Crippen LogP contribution in [0.4, 0.5) is 0 Å². The Hall–Kier alpha value is -1.73. The minimum atomic E-state index is -4.76. The predicted molar refractivity (Wildman–Crippen MR) is 207 cm³/mol. The third kappa shape index (κ3) is 39.1. The number of phosphoric ester groups is 1. The van der Waals surface area contributed by atoms with Gasteiger partial charge in [0.15, 0.2) is 6.10 Å². The predicted octanol–water partition coefficient (Wildman–Crippen LogP) is 12.2. The van der Waals surface area contributed by atoms with E-state index < -0.39 is 32.5 Å². The van der Waals surface area contributed by atoms with Crippen molar-refractivity contribution in [3.05, 3.63) is 36.5 Å². The number of carbonyl (C=O) groups excluding carboxylic acids is 2. The first kappa shape index (κ1) is 48.3. The summed E-state index contributed by atoms with van der Waals surface area (Å²) in [6.07, 6.45) is 42.9. The van der Waals surface area contributed by atoms with Gasteiger partial charge in [-0.1, -0.05) is 147 Å². The molecule has 9 heteroatoms. The molecule has 0 amide bonds. The third-order valence-corrected chi connectivity index (χ3v) is 9.12. The van der Waals surface area contributed by atoms with Crippen LogP contribution < -0.4 is 0 Å². The van der Waals surface area contributed by atoms with E-state index in [2.05, 4.69) is 54.8 Å². The van der Waals surface area contributed by atoms with Crippen LogP contribution in [0, 0.1) is 0 Å². The number of unbranched alkanes of at least 4 members (excludes halogenated alkanes) is 21. The van der Waals surface area contributed by atoms with E-state index in [9.17, 15) is 14.2 Å². The summed E-state index contributed by atoms with van der Waals surface area (Å²) < 4.78 is 26.3. The minimum Gasteiger partial charge on any atom is -0.462 e. The number of hydrogen-bond acceptors (Lipinski definition) is 6. The molecule has 8 nitrogen and oxygen atoms in total. The molecule has 0 aromatic rings. The van der Waals surface area contributed by atoms with Crippen LogP contribution in [0.5, 0.6) is 0 Å². The molecule has 0 aliphatic carbocycles. The fourth-order valence-corrected chi connectivity index (χ4v) is 5.93. The fraction of sp³-hybridized carbons (Fsp3) is 0.805. The number of rotatable bonds is 37. The Morgan fingerprint density at radius 2 is 0.900 bits per heavy atom. The average Bonchev–Trinajstić information content (AvgIpc) is 3.08. The van der Waals surface area contributed by atoms with Crippen molar-refractivity contribution in [1.82, 2.24) is 0 Å². The number of esters is 2. The molecular formula is C41H75O8P. The lowest BCUT2D eigenvalue weighted by atomic mass is 10.1. The molecule has 0 fully saturated rings. The molecule has 2 N–H and O–H groups in total. The lowest BCUT2D eigenvalue weighted by Gasteiger charge is -2.18. The lowest BCUT2D eigenvalue weighted by molar-refractivity contribution is -0.161. The van der Waals surface area contributed by atoms with Crippen LogP contribution in [0.25, 0.3) is 0 Å². The summed E-state index contributed by atoms with van der Waals surface area (Å²) in [6, 6.07) is 0. The second kappa shape index (κ2) is 37.0. The summed E-state index contributed by atoms with van der Waals surface area (Å²) in [7, 11) is -4.76. The van der Waals surface area contributed by atoms with Gasteiger partial charge in [0.05, 0.1) is 6.61 Å². The summed E-state index contributed by atoms with van der Waals surface area (Å²) in [5.41, 5.74) is 0. The molecule has 0 bridgehead atoms. The van der Waals surface area contributed by atoms with Crippen LogP contribution in [0.15, 0.2) is 36.5 Å². The number of phosphoric acid groups is 1. The van der Waals surface area contributed by atoms with Crippen LogP contribution in [0.2, 0.25) is 0 Å². The smallest absolute Gasteiger partial charge is 0.462 e. The Kier molecular flexibility index (Phi) is 35.8. The normalized spacial score (nSPS) is 12.8. The van der Waals surface area contributed by atoms with Gasteiger partial charge in [-0.2, -0.15) is 0 Å². The second-order valence-electron chi connectivity index (χ2n) is 13.6. The molecule has 0 heterocycles. The first-order chi connectivity index (χ1) is 24.3. The van der Waals surface area contributed by atoms with E-state index in [4.69, 9.17) is 19.3 Å². The van der Waals surface area contributed by atoms with E-state index in [-0.39, 0.29) is 19.4 Å². The quantitative estimate of drug-likeness (QED) is 0.0281. The Balaban J connectivity index is 3.95. The summed E-state index contributed by atoms with van der Waals surface area (Å²) in [5.74, 6) is -0.904. The Morgan fingerprint density at radius 3 is 1.38 bits per heavy atom. The van der Waals surface area contributed by atoms with Crippen molar-refractivity contribution in [3.8, 4) is 0 Å². The van der Waals surface area contributed by atoms with Gasteiger partial charge < -0.3 is 19.3 Å². The Morgan fingerprint density at radius 1 is 0.520 bits per heavy atom. The first-order valence-electron chi connectivity index (χ1n) is 20.3. The third-order valence-electron chi connectivity index (χ3n) is 8.63. The summed E-state index contributed by atoms with van der Waals surface area (Å²) in [6.45, 7) is 3.64. The Bertz CT molecular complexity index is 910. The van der Waals surface area contributed by atoms with Crippen LogP contribution in [-0.4, -0.2) is 41.0 Å². The molecule has 0 aliphatic heterocycles. The standard InChI is InChI=1S/C41H75O8P/c1-3-5-7-9-11-13-15-17-19-20-22-23-25-27-29-31-33-35-40(42)47-37-39(38-48-50(44,45)46)49-41(43)36-34-32-30-28-26-24-21-18-16-14-12-10-8-6-4-2/h12,14,17-19,21,39H,3-11,13,15-16,20,22-38H2,1-2H3,(H2,44,45,46)/b14-12-,19-17-,21-18-/t39-/m1/s1. The molecule has 0 saturated heterocycles. The molecule has 50 heavy (non-hydrogen) atoms. The second-order valence-corrected chi connectivity index (χ2v) is 14.8. The van der Waals surface area contributed by atoms with Gasteiger partial charge in [-0.25, -0.2) is 4.57 Å². The average molecular weight is 727 g/mol. The molecule has 0 aliphatic rings. The largest absolute Gasteiger partial charge is 0.469 e. The van der Waals surface area contributed by atoms with E-state index in [1.807, 2.05) is 0 Å². The zero-order valence-electron chi connectivity index (χ0n) is 32.0. The van der Waals surface area contributed by atoms with Gasteiger partial charge in [0.25, 0.3) is 0 Å². The van der Waals surface area contributed by atoms with Crippen molar-refractivity contribution < 1.29 is 37.9 Å². The van der Waals surface area contributed by atoms with Gasteiger partial charge in [0, 0.05) is 12.8 Å². The lowest BCUT2D eigenvalue weighted by Crippen LogP contribution is -2.29. The van der Waals surface area contributed by atoms with Gasteiger partial charge in [-0.05, 0) is 70.6 Å². The summed E-state index contributed by atoms with van der Waals surface area (Å²) >= 11 is 0. The Labute approximate surface area is 306 Å². The number of allylic oxidation sites excluding steroid dienone is 6. The van der Waals surface area contributed by atoms with Gasteiger partial charge in [0.2, 0.25) is 0 Å². The molecule has 292 valence electrons. The summed E-state index contributed by atoms with van der Waals surface area (Å²) in [4.78, 5) is 42.8. The molecule has 0 radical (unpaired) electrons. The van der Waals surface area contributed by atoms with Crippen LogP contribution >= 0.6 is 7.82 Å². The molecular weight excluding hydrogens is 651 g/mol. The molecule has 1 atom stereocenters. The maximum Gasteiger partial charge on any atom is 0.469 e. The van der Waals surface area contributed by atoms with Crippen LogP contribution in [-0.2, 0) is 28.2 Å². The zero-order valence-corrected chi connectivity index (χ0v) is 32.9. The van der Waals surface area contributed by atoms with Crippen molar-refractivity contribution in [2.75, 3.05) is 13.2 Å². The molecule has 0 aromatic heterocycles. The van der Waals surface area contributed by atoms with Crippen LogP contribution in [0.1, 0.15) is 194 Å². The highest BCUT2D eigenvalue weighted by molar-refractivity contribution is 7.46. The molecule has 0 unspecified atom stereocenters. The van der Waals surface area contributed by atoms with Gasteiger partial charge in [0.1, 0.15) is 6.61 Å². The van der Waals surface area contributed by atoms with Gasteiger partial charge in [-0.15, -0.1) is 0 Å². The number of carbonyl (C=O) groups is 2. The van der Waals surface area contributed by atoms with E-state index in [0.717, 1.165) is 70.6 Å². The van der Waals surface area contributed by atoms with Crippen molar-refractivity contribution in [3.63, 3.8) is 0 Å². The maximum absolute atomic E-state index is 12.4. The van der Waals surface area contributed by atoms with E-state index in [1.165, 1.54) is 89.9 Å². The zero-order chi connectivity index (χ0) is 36.8. The number of hydrogen-bond donors (Lipinski definition) is 2. The van der Waals surface area contributed by atoms with Gasteiger partial charge in [-0.3, -0.25) is 14.1 Å². The van der Waals surface area contributed by atoms with Crippen LogP contribution in [0.3, 0.4) is 0 Å². The van der Waals surface area contributed by atoms with E-state index in [1.54, 1.807) is 0 Å². The SMILES string of the molecule is CCCCC/C=C\C/C=C\CCCCCCCC(=O)O[C@H](COC(=O)CCCCCCCCC/C=C\CCCCCCCC)COP(=O)(O)O. The summed E-state index contributed by atoms with van der Waals surface area (Å²) in [5, 5.41) is 0. The number of ether oxygens (including phenoxy) is 2. The van der Waals surface area contributed by atoms with E-state index >= 15 is 0 Å². The topological polar surface area (TPSA) is 119 Å². The highest BCUT2D eigenvalue weighted by Crippen LogP contribution is 2.36. The molecule has 0 saturated carbocycles. The van der Waals surface area contributed by atoms with Crippen molar-refractivity contribution in [2.45, 2.75) is 200 Å². The molecule has 0 rings (SSSR count). The van der Waals surface area contributed by atoms with E-state index in [0.29, 0.717) is 6.42 Å². The van der Waals surface area contributed by atoms with Gasteiger partial charge >= 0.3 is 19.8 Å². The highest BCUT2D eigenvalue weighted by atomic mass is 31.2. The van der Waals surface area contributed by atoms with Crippen molar-refractivity contribution in [1.29, 1.82) is 0 Å². The van der Waals surface area contributed by atoms with Crippen molar-refractivity contribution in [2.24, 2.45) is 0 Å². The fourth-order valence-electron chi connectivity index (χ4n) is 5.57. The molecule has 0 spiro atoms. The highest BCUT2D eigenvalue weighted by Gasteiger charge is 2.22. The monoisotopic (exact) mass is 727 g/mol. The minimum absolute atomic E-state index is 0.195.